The maximum Gasteiger partial charge on any atom is 0.270 e. The van der Waals surface area contributed by atoms with Crippen molar-refractivity contribution < 1.29 is 9.72 Å². The SMILES string of the molecule is CCN1/C(=C/C(=O)/C=C/c2cccc([N+](=O)[O-])c2)Sc2ccccc21. The maximum atomic E-state index is 12.3. The van der Waals surface area contributed by atoms with E-state index in [1.807, 2.05) is 31.2 Å². The van der Waals surface area contributed by atoms with Crippen molar-refractivity contribution in [3.63, 3.8) is 0 Å². The molecule has 0 bridgehead atoms. The van der Waals surface area contributed by atoms with Crippen molar-refractivity contribution in [1.29, 1.82) is 0 Å². The summed E-state index contributed by atoms with van der Waals surface area (Å²) in [6.45, 7) is 2.82. The summed E-state index contributed by atoms with van der Waals surface area (Å²) < 4.78 is 0. The van der Waals surface area contributed by atoms with Crippen molar-refractivity contribution in [1.82, 2.24) is 0 Å². The van der Waals surface area contributed by atoms with Gasteiger partial charge in [-0.15, -0.1) is 0 Å². The Labute approximate surface area is 149 Å². The normalized spacial score (nSPS) is 14.9. The molecule has 0 spiro atoms. The number of nitro benzene ring substituents is 1. The van der Waals surface area contributed by atoms with E-state index in [2.05, 4.69) is 4.90 Å². The Morgan fingerprint density at radius 2 is 2.04 bits per heavy atom. The van der Waals surface area contributed by atoms with Crippen LogP contribution in [0.1, 0.15) is 12.5 Å². The fourth-order valence-electron chi connectivity index (χ4n) is 2.58. The van der Waals surface area contributed by atoms with Crippen LogP contribution in [0.15, 0.2) is 70.6 Å². The highest BCUT2D eigenvalue weighted by Gasteiger charge is 2.23. The van der Waals surface area contributed by atoms with Crippen LogP contribution in [0.4, 0.5) is 11.4 Å². The van der Waals surface area contributed by atoms with Gasteiger partial charge in [-0.2, -0.15) is 0 Å². The summed E-state index contributed by atoms with van der Waals surface area (Å²) in [5.41, 5.74) is 1.74. The van der Waals surface area contributed by atoms with E-state index >= 15 is 0 Å². The molecule has 1 aliphatic heterocycles. The lowest BCUT2D eigenvalue weighted by Gasteiger charge is -2.17. The molecular formula is C19H16N2O3S. The Morgan fingerprint density at radius 3 is 2.80 bits per heavy atom. The molecule has 0 fully saturated rings. The molecule has 2 aromatic carbocycles. The quantitative estimate of drug-likeness (QED) is 0.445. The highest BCUT2D eigenvalue weighted by Crippen LogP contribution is 2.45. The zero-order valence-corrected chi connectivity index (χ0v) is 14.4. The van der Waals surface area contributed by atoms with Gasteiger partial charge >= 0.3 is 0 Å². The number of non-ortho nitro benzene ring substituents is 1. The third kappa shape index (κ3) is 3.80. The summed E-state index contributed by atoms with van der Waals surface area (Å²) in [6, 6.07) is 14.2. The van der Waals surface area contributed by atoms with Crippen LogP contribution >= 0.6 is 11.8 Å². The number of thioether (sulfide) groups is 1. The van der Waals surface area contributed by atoms with Gasteiger partial charge in [-0.1, -0.05) is 42.1 Å². The predicted octanol–water partition coefficient (Wildman–Crippen LogP) is 4.65. The number of anilines is 1. The molecule has 0 saturated heterocycles. The fourth-order valence-corrected chi connectivity index (χ4v) is 3.74. The molecule has 1 aliphatic rings. The molecule has 25 heavy (non-hydrogen) atoms. The lowest BCUT2D eigenvalue weighted by Crippen LogP contribution is -2.17. The molecule has 126 valence electrons. The minimum atomic E-state index is -0.452. The Kier molecular flexibility index (Phi) is 5.00. The average Bonchev–Trinajstić information content (AvgIpc) is 2.97. The van der Waals surface area contributed by atoms with Gasteiger partial charge in [0, 0.05) is 29.6 Å². The van der Waals surface area contributed by atoms with Gasteiger partial charge in [-0.25, -0.2) is 0 Å². The highest BCUT2D eigenvalue weighted by atomic mass is 32.2. The van der Waals surface area contributed by atoms with Crippen molar-refractivity contribution in [3.8, 4) is 0 Å². The summed E-state index contributed by atoms with van der Waals surface area (Å²) >= 11 is 1.57. The van der Waals surface area contributed by atoms with Crippen LogP contribution in [0, 0.1) is 10.1 Å². The number of para-hydroxylation sites is 1. The molecule has 1 heterocycles. The van der Waals surface area contributed by atoms with E-state index in [1.165, 1.54) is 18.2 Å². The van der Waals surface area contributed by atoms with E-state index in [0.717, 1.165) is 22.2 Å². The van der Waals surface area contributed by atoms with Gasteiger partial charge in [-0.3, -0.25) is 14.9 Å². The number of hydrogen-bond donors (Lipinski definition) is 0. The Balaban J connectivity index is 1.77. The van der Waals surface area contributed by atoms with E-state index in [1.54, 1.807) is 36.0 Å². The molecule has 0 N–H and O–H groups in total. The van der Waals surface area contributed by atoms with E-state index in [4.69, 9.17) is 0 Å². The molecule has 0 aromatic heterocycles. The van der Waals surface area contributed by atoms with Crippen molar-refractivity contribution in [2.75, 3.05) is 11.4 Å². The van der Waals surface area contributed by atoms with Crippen molar-refractivity contribution >= 4 is 35.0 Å². The summed E-state index contributed by atoms with van der Waals surface area (Å²) in [4.78, 5) is 25.8. The van der Waals surface area contributed by atoms with Gasteiger partial charge in [0.05, 0.1) is 15.6 Å². The third-order valence-corrected chi connectivity index (χ3v) is 4.85. The van der Waals surface area contributed by atoms with Gasteiger partial charge in [0.2, 0.25) is 0 Å². The lowest BCUT2D eigenvalue weighted by atomic mass is 10.1. The molecule has 0 saturated carbocycles. The highest BCUT2D eigenvalue weighted by molar-refractivity contribution is 8.03. The second-order valence-corrected chi connectivity index (χ2v) is 6.45. The van der Waals surface area contributed by atoms with E-state index < -0.39 is 4.92 Å². The Morgan fingerprint density at radius 1 is 1.24 bits per heavy atom. The first-order valence-electron chi connectivity index (χ1n) is 7.81. The topological polar surface area (TPSA) is 63.5 Å². The number of carbonyl (C=O) groups excluding carboxylic acids is 1. The molecule has 0 amide bonds. The van der Waals surface area contributed by atoms with Gasteiger partial charge in [0.15, 0.2) is 5.78 Å². The number of carbonyl (C=O) groups is 1. The van der Waals surface area contributed by atoms with Crippen molar-refractivity contribution in [2.45, 2.75) is 11.8 Å². The van der Waals surface area contributed by atoms with E-state index in [9.17, 15) is 14.9 Å². The zero-order valence-electron chi connectivity index (χ0n) is 13.6. The standard InChI is InChI=1S/C19H16N2O3S/c1-2-20-17-8-3-4-9-18(17)25-19(20)13-16(22)11-10-14-6-5-7-15(12-14)21(23)24/h3-13H,2H2,1H3/b11-10+,19-13-. The number of ketones is 1. The van der Waals surface area contributed by atoms with Gasteiger partial charge in [-0.05, 0) is 30.7 Å². The molecule has 0 unspecified atom stereocenters. The number of rotatable bonds is 5. The van der Waals surface area contributed by atoms with E-state index in [-0.39, 0.29) is 11.5 Å². The van der Waals surface area contributed by atoms with E-state index in [0.29, 0.717) is 5.56 Å². The first-order chi connectivity index (χ1) is 12.1. The molecule has 0 aliphatic carbocycles. The maximum absolute atomic E-state index is 12.3. The summed E-state index contributed by atoms with van der Waals surface area (Å²) in [5, 5.41) is 11.7. The molecule has 6 heteroatoms. The molecular weight excluding hydrogens is 336 g/mol. The molecule has 0 radical (unpaired) electrons. The Hall–Kier alpha value is -2.86. The van der Waals surface area contributed by atoms with Crippen LogP contribution in [0.5, 0.6) is 0 Å². The van der Waals surface area contributed by atoms with Crippen LogP contribution in [-0.2, 0) is 4.79 Å². The van der Waals surface area contributed by atoms with Crippen LogP contribution < -0.4 is 4.90 Å². The van der Waals surface area contributed by atoms with Crippen LogP contribution in [-0.4, -0.2) is 17.3 Å². The number of hydrogen-bond acceptors (Lipinski definition) is 5. The van der Waals surface area contributed by atoms with Gasteiger partial charge in [0.1, 0.15) is 0 Å². The van der Waals surface area contributed by atoms with Crippen molar-refractivity contribution in [2.24, 2.45) is 0 Å². The molecule has 5 nitrogen and oxygen atoms in total. The van der Waals surface area contributed by atoms with Crippen molar-refractivity contribution in [3.05, 3.63) is 81.4 Å². The second kappa shape index (κ2) is 7.36. The molecule has 3 rings (SSSR count). The fraction of sp³-hybridized carbons (Fsp3) is 0.105. The second-order valence-electron chi connectivity index (χ2n) is 5.38. The number of nitro groups is 1. The number of nitrogens with zero attached hydrogens (tertiary/aromatic N) is 2. The lowest BCUT2D eigenvalue weighted by molar-refractivity contribution is -0.384. The molecule has 0 atom stereocenters. The number of benzene rings is 2. The minimum absolute atomic E-state index is 0.00640. The zero-order chi connectivity index (χ0) is 17.8. The van der Waals surface area contributed by atoms with Crippen LogP contribution in [0.25, 0.3) is 6.08 Å². The smallest absolute Gasteiger partial charge is 0.270 e. The predicted molar refractivity (Wildman–Crippen MR) is 101 cm³/mol. The first-order valence-corrected chi connectivity index (χ1v) is 8.62. The van der Waals surface area contributed by atoms with Crippen LogP contribution in [0.2, 0.25) is 0 Å². The average molecular weight is 352 g/mol. The summed E-state index contributed by atoms with van der Waals surface area (Å²) in [6.07, 6.45) is 4.63. The number of fused-ring (bicyclic) bond motifs is 1. The number of allylic oxidation sites excluding steroid dienone is 2. The van der Waals surface area contributed by atoms with Gasteiger partial charge in [0.25, 0.3) is 5.69 Å². The van der Waals surface area contributed by atoms with Gasteiger partial charge < -0.3 is 4.90 Å². The summed E-state index contributed by atoms with van der Waals surface area (Å²) in [7, 11) is 0. The minimum Gasteiger partial charge on any atom is -0.335 e. The third-order valence-electron chi connectivity index (χ3n) is 3.74. The summed E-state index contributed by atoms with van der Waals surface area (Å²) in [5.74, 6) is -0.153. The van der Waals surface area contributed by atoms with Crippen LogP contribution in [0.3, 0.4) is 0 Å². The Bertz CT molecular complexity index is 890. The largest absolute Gasteiger partial charge is 0.335 e. The first kappa shape index (κ1) is 17.0. The monoisotopic (exact) mass is 352 g/mol. The molecule has 2 aromatic rings.